The fraction of sp³-hybridized carbons (Fsp3) is 0.300. The van der Waals surface area contributed by atoms with E-state index in [1.165, 1.54) is 7.11 Å². The van der Waals surface area contributed by atoms with Gasteiger partial charge in [0.25, 0.3) is 0 Å². The monoisotopic (exact) mass is 348 g/mol. The maximum absolute atomic E-state index is 10.7. The molecule has 0 aliphatic carbocycles. The summed E-state index contributed by atoms with van der Waals surface area (Å²) in [6.45, 7) is 17.1. The van der Waals surface area contributed by atoms with Gasteiger partial charge >= 0.3 is 11.9 Å². The summed E-state index contributed by atoms with van der Waals surface area (Å²) in [7, 11) is 1.33. The molecule has 2 rings (SSSR count). The van der Waals surface area contributed by atoms with Gasteiger partial charge in [0.1, 0.15) is 12.7 Å². The molecular weight excluding hydrogens is 320 g/mol. The van der Waals surface area contributed by atoms with Crippen LogP contribution in [0.15, 0.2) is 73.9 Å². The van der Waals surface area contributed by atoms with Gasteiger partial charge in [0.2, 0.25) is 0 Å². The van der Waals surface area contributed by atoms with Crippen LogP contribution in [-0.2, 0) is 23.8 Å². The highest BCUT2D eigenvalue weighted by molar-refractivity contribution is 5.87. The number of hydrogen-bond acceptors (Lipinski definition) is 5. The van der Waals surface area contributed by atoms with Crippen molar-refractivity contribution in [2.24, 2.45) is 0 Å². The lowest BCUT2D eigenvalue weighted by Gasteiger charge is -1.99. The minimum Gasteiger partial charge on any atom is -0.466 e. The molecule has 0 radical (unpaired) electrons. The molecule has 5 nitrogen and oxygen atoms in total. The SMILES string of the molecule is C=C.C=C(C)C(=O)OC.C=C(C)C(=O)OCC1CO1.c1ccccc1. The zero-order valence-corrected chi connectivity index (χ0v) is 15.3. The summed E-state index contributed by atoms with van der Waals surface area (Å²) < 4.78 is 13.9. The molecule has 1 heterocycles. The number of benzene rings is 1. The fourth-order valence-electron chi connectivity index (χ4n) is 1.02. The molecule has 138 valence electrons. The Morgan fingerprint density at radius 2 is 1.32 bits per heavy atom. The van der Waals surface area contributed by atoms with Crippen molar-refractivity contribution in [3.8, 4) is 0 Å². The predicted octanol–water partition coefficient (Wildman–Crippen LogP) is 3.73. The summed E-state index contributed by atoms with van der Waals surface area (Å²) in [6, 6.07) is 12.0. The second-order valence-electron chi connectivity index (χ2n) is 4.76. The van der Waals surface area contributed by atoms with Gasteiger partial charge in [-0.25, -0.2) is 9.59 Å². The lowest BCUT2D eigenvalue weighted by atomic mass is 10.4. The van der Waals surface area contributed by atoms with Crippen molar-refractivity contribution in [3.63, 3.8) is 0 Å². The Balaban J connectivity index is 0. The Labute approximate surface area is 150 Å². The highest BCUT2D eigenvalue weighted by Crippen LogP contribution is 2.09. The van der Waals surface area contributed by atoms with Gasteiger partial charge in [0, 0.05) is 11.1 Å². The first-order valence-electron chi connectivity index (χ1n) is 7.56. The third-order valence-electron chi connectivity index (χ3n) is 2.35. The molecule has 0 bridgehead atoms. The predicted molar refractivity (Wildman–Crippen MR) is 100 cm³/mol. The number of methoxy groups -OCH3 is 1. The standard InChI is InChI=1S/C7H10O3.C6H6.C5H8O2.C2H4/c1-5(2)7(8)10-4-6-3-9-6;1-2-4-6-5-3-1;1-4(2)5(6)7-3;1-2/h6H,1,3-4H2,2H3;1-6H;1H2,2-3H3;1-2H2. The number of carbonyl (C=O) groups excluding carboxylic acids is 2. The normalized spacial score (nSPS) is 13.0. The number of carbonyl (C=O) groups is 2. The average Bonchev–Trinajstić information content (AvgIpc) is 3.47. The van der Waals surface area contributed by atoms with Gasteiger partial charge < -0.3 is 14.2 Å². The van der Waals surface area contributed by atoms with Crippen LogP contribution in [-0.4, -0.2) is 38.4 Å². The van der Waals surface area contributed by atoms with Crippen LogP contribution in [0.1, 0.15) is 13.8 Å². The fourth-order valence-corrected chi connectivity index (χ4v) is 1.02. The Kier molecular flexibility index (Phi) is 15.9. The van der Waals surface area contributed by atoms with Crippen LogP contribution in [0.2, 0.25) is 0 Å². The molecule has 5 heteroatoms. The minimum absolute atomic E-state index is 0.142. The van der Waals surface area contributed by atoms with Gasteiger partial charge in [-0.2, -0.15) is 0 Å². The lowest BCUT2D eigenvalue weighted by molar-refractivity contribution is -0.139. The molecule has 0 N–H and O–H groups in total. The molecule has 1 atom stereocenters. The number of rotatable bonds is 4. The van der Waals surface area contributed by atoms with E-state index in [1.54, 1.807) is 13.8 Å². The number of ether oxygens (including phenoxy) is 3. The van der Waals surface area contributed by atoms with Gasteiger partial charge in [-0.05, 0) is 13.8 Å². The van der Waals surface area contributed by atoms with Crippen molar-refractivity contribution in [1.82, 2.24) is 0 Å². The molecule has 25 heavy (non-hydrogen) atoms. The van der Waals surface area contributed by atoms with E-state index in [1.807, 2.05) is 36.4 Å². The van der Waals surface area contributed by atoms with Gasteiger partial charge in [-0.3, -0.25) is 0 Å². The van der Waals surface area contributed by atoms with Crippen LogP contribution in [0.25, 0.3) is 0 Å². The van der Waals surface area contributed by atoms with Crippen molar-refractivity contribution >= 4 is 11.9 Å². The summed E-state index contributed by atoms with van der Waals surface area (Å²) in [5.41, 5.74) is 0.864. The third-order valence-corrected chi connectivity index (χ3v) is 2.35. The van der Waals surface area contributed by atoms with E-state index in [0.717, 1.165) is 0 Å². The van der Waals surface area contributed by atoms with E-state index in [4.69, 9.17) is 9.47 Å². The summed E-state index contributed by atoms with van der Waals surface area (Å²) in [5.74, 6) is -0.685. The van der Waals surface area contributed by atoms with Gasteiger partial charge in [0.05, 0.1) is 13.7 Å². The Morgan fingerprint density at radius 1 is 0.960 bits per heavy atom. The molecule has 0 saturated carbocycles. The summed E-state index contributed by atoms with van der Waals surface area (Å²) in [6.07, 6.45) is 0.142. The van der Waals surface area contributed by atoms with Crippen LogP contribution in [0.4, 0.5) is 0 Å². The van der Waals surface area contributed by atoms with Crippen molar-refractivity contribution < 1.29 is 23.8 Å². The van der Waals surface area contributed by atoms with E-state index in [2.05, 4.69) is 31.1 Å². The molecule has 1 aromatic rings. The van der Waals surface area contributed by atoms with Crippen LogP contribution in [0.3, 0.4) is 0 Å². The van der Waals surface area contributed by atoms with Gasteiger partial charge in [-0.1, -0.05) is 49.6 Å². The van der Waals surface area contributed by atoms with E-state index in [0.29, 0.717) is 24.4 Å². The number of hydrogen-bond donors (Lipinski definition) is 0. The van der Waals surface area contributed by atoms with Crippen molar-refractivity contribution in [2.75, 3.05) is 20.3 Å². The smallest absolute Gasteiger partial charge is 0.333 e. The first-order chi connectivity index (χ1) is 11.9. The van der Waals surface area contributed by atoms with E-state index in [-0.39, 0.29) is 18.0 Å². The molecular formula is C20H28O5. The van der Waals surface area contributed by atoms with Gasteiger partial charge in [-0.15, -0.1) is 13.2 Å². The third kappa shape index (κ3) is 17.5. The van der Waals surface area contributed by atoms with Crippen LogP contribution < -0.4 is 0 Å². The maximum atomic E-state index is 10.7. The molecule has 1 aliphatic heterocycles. The Morgan fingerprint density at radius 3 is 1.52 bits per heavy atom. The highest BCUT2D eigenvalue weighted by atomic mass is 16.6. The zero-order chi connectivity index (χ0) is 19.7. The van der Waals surface area contributed by atoms with Crippen molar-refractivity contribution in [1.29, 1.82) is 0 Å². The summed E-state index contributed by atoms with van der Waals surface area (Å²) >= 11 is 0. The van der Waals surface area contributed by atoms with E-state index < -0.39 is 0 Å². The van der Waals surface area contributed by atoms with Crippen LogP contribution in [0.5, 0.6) is 0 Å². The highest BCUT2D eigenvalue weighted by Gasteiger charge is 2.24. The van der Waals surface area contributed by atoms with Crippen molar-refractivity contribution in [3.05, 3.63) is 73.9 Å². The van der Waals surface area contributed by atoms with Crippen molar-refractivity contribution in [2.45, 2.75) is 20.0 Å². The second kappa shape index (κ2) is 16.2. The molecule has 0 aromatic heterocycles. The summed E-state index contributed by atoms with van der Waals surface area (Å²) in [5, 5.41) is 0. The molecule has 0 amide bonds. The quantitative estimate of drug-likeness (QED) is 0.359. The molecule has 0 spiro atoms. The lowest BCUT2D eigenvalue weighted by Crippen LogP contribution is -2.09. The summed E-state index contributed by atoms with van der Waals surface area (Å²) in [4.78, 5) is 20.9. The Hall–Kier alpha value is -2.66. The molecule has 1 aliphatic rings. The first-order valence-corrected chi connectivity index (χ1v) is 7.56. The van der Waals surface area contributed by atoms with E-state index >= 15 is 0 Å². The van der Waals surface area contributed by atoms with E-state index in [9.17, 15) is 9.59 Å². The van der Waals surface area contributed by atoms with Gasteiger partial charge in [0.15, 0.2) is 0 Å². The largest absolute Gasteiger partial charge is 0.466 e. The zero-order valence-electron chi connectivity index (χ0n) is 15.3. The molecule has 1 aromatic carbocycles. The molecule has 1 unspecified atom stereocenters. The first kappa shape index (κ1) is 24.6. The van der Waals surface area contributed by atoms with Crippen LogP contribution in [0, 0.1) is 0 Å². The maximum Gasteiger partial charge on any atom is 0.333 e. The average molecular weight is 348 g/mol. The number of epoxide rings is 1. The number of esters is 2. The topological polar surface area (TPSA) is 65.1 Å². The minimum atomic E-state index is -0.347. The Bertz CT molecular complexity index is 491. The molecule has 1 saturated heterocycles. The second-order valence-corrected chi connectivity index (χ2v) is 4.76. The molecule has 1 fully saturated rings. The van der Waals surface area contributed by atoms with Crippen LogP contribution >= 0.6 is 0 Å².